The fourth-order valence-electron chi connectivity index (χ4n) is 2.57. The summed E-state index contributed by atoms with van der Waals surface area (Å²) in [5.41, 5.74) is -0.830. The van der Waals surface area contributed by atoms with E-state index in [1.54, 1.807) is 0 Å². The van der Waals surface area contributed by atoms with Crippen LogP contribution in [0.15, 0.2) is 71.6 Å². The van der Waals surface area contributed by atoms with Crippen LogP contribution in [0.5, 0.6) is 0 Å². The molecule has 10 heteroatoms. The molecule has 0 aliphatic rings. The minimum atomic E-state index is -4.05. The molecule has 0 spiro atoms. The number of ether oxygens (including phenoxy) is 1. The molecule has 160 valence electrons. The molecule has 0 radical (unpaired) electrons. The van der Waals surface area contributed by atoms with E-state index < -0.39 is 45.6 Å². The molecule has 0 unspecified atom stereocenters. The number of esters is 1. The Morgan fingerprint density at radius 3 is 2.32 bits per heavy atom. The van der Waals surface area contributed by atoms with Gasteiger partial charge in [0.2, 0.25) is 5.78 Å². The Bertz CT molecular complexity index is 1250. The van der Waals surface area contributed by atoms with Crippen LogP contribution < -0.4 is 4.72 Å². The van der Waals surface area contributed by atoms with Gasteiger partial charge in [0, 0.05) is 5.02 Å². The molecule has 1 N–H and O–H groups in total. The highest BCUT2D eigenvalue weighted by Crippen LogP contribution is 2.22. The Morgan fingerprint density at radius 1 is 0.935 bits per heavy atom. The minimum absolute atomic E-state index is 0.0863. The summed E-state index contributed by atoms with van der Waals surface area (Å²) in [6, 6.07) is 13.3. The maximum atomic E-state index is 13.7. The van der Waals surface area contributed by atoms with Gasteiger partial charge < -0.3 is 4.74 Å². The molecule has 0 atom stereocenters. The van der Waals surface area contributed by atoms with Crippen LogP contribution in [0.4, 0.5) is 14.5 Å². The molecule has 6 nitrogen and oxygen atoms in total. The van der Waals surface area contributed by atoms with Crippen LogP contribution in [-0.4, -0.2) is 26.8 Å². The number of sulfonamides is 1. The van der Waals surface area contributed by atoms with Crippen LogP contribution in [0, 0.1) is 11.6 Å². The quantitative estimate of drug-likeness (QED) is 0.411. The van der Waals surface area contributed by atoms with E-state index in [1.165, 1.54) is 48.5 Å². The lowest BCUT2D eigenvalue weighted by Gasteiger charge is -2.12. The smallest absolute Gasteiger partial charge is 0.340 e. The van der Waals surface area contributed by atoms with Gasteiger partial charge in [-0.25, -0.2) is 22.0 Å². The molecular weight excluding hydrogens is 452 g/mol. The molecule has 0 bridgehead atoms. The maximum Gasteiger partial charge on any atom is 0.340 e. The molecule has 0 amide bonds. The molecule has 0 saturated carbocycles. The Hall–Kier alpha value is -3.30. The number of hydrogen-bond acceptors (Lipinski definition) is 5. The predicted octanol–water partition coefficient (Wildman–Crippen LogP) is 4.46. The second-order valence-electron chi connectivity index (χ2n) is 6.23. The molecule has 0 saturated heterocycles. The third kappa shape index (κ3) is 5.44. The summed E-state index contributed by atoms with van der Waals surface area (Å²) in [6.07, 6.45) is 0. The summed E-state index contributed by atoms with van der Waals surface area (Å²) in [5.74, 6) is -3.76. The van der Waals surface area contributed by atoms with Gasteiger partial charge in [-0.05, 0) is 54.6 Å². The highest BCUT2D eigenvalue weighted by atomic mass is 35.5. The summed E-state index contributed by atoms with van der Waals surface area (Å²) >= 11 is 5.76. The molecule has 0 fully saturated rings. The van der Waals surface area contributed by atoms with Crippen molar-refractivity contribution in [2.24, 2.45) is 0 Å². The number of anilines is 1. The van der Waals surface area contributed by atoms with Gasteiger partial charge in [0.1, 0.15) is 11.6 Å². The summed E-state index contributed by atoms with van der Waals surface area (Å²) in [4.78, 5) is 24.4. The molecule has 3 aromatic rings. The van der Waals surface area contributed by atoms with Crippen molar-refractivity contribution < 1.29 is 31.5 Å². The van der Waals surface area contributed by atoms with Crippen molar-refractivity contribution >= 4 is 39.1 Å². The second kappa shape index (κ2) is 9.23. The first kappa shape index (κ1) is 22.4. The van der Waals surface area contributed by atoms with Crippen LogP contribution in [0.25, 0.3) is 0 Å². The third-order valence-electron chi connectivity index (χ3n) is 4.08. The highest BCUT2D eigenvalue weighted by Gasteiger charge is 2.21. The van der Waals surface area contributed by atoms with Gasteiger partial charge in [-0.15, -0.1) is 0 Å². The fourth-order valence-corrected chi connectivity index (χ4v) is 3.77. The fraction of sp³-hybridized carbons (Fsp3) is 0.0476. The van der Waals surface area contributed by atoms with Crippen molar-refractivity contribution in [1.82, 2.24) is 0 Å². The molecular formula is C21H14ClF2NO5S. The van der Waals surface area contributed by atoms with Crippen molar-refractivity contribution in [1.29, 1.82) is 0 Å². The van der Waals surface area contributed by atoms with Gasteiger partial charge in [-0.1, -0.05) is 23.7 Å². The Balaban J connectivity index is 1.76. The first-order valence-electron chi connectivity index (χ1n) is 8.70. The third-order valence-corrected chi connectivity index (χ3v) is 5.71. The standard InChI is InChI=1S/C21H14ClF2NO5S/c22-13-5-8-15(9-6-13)31(28,29)25-19-4-2-1-3-16(19)21(27)30-12-20(26)17-11-14(23)7-10-18(17)24/h1-11,25H,12H2. The van der Waals surface area contributed by atoms with E-state index in [9.17, 15) is 26.8 Å². The predicted molar refractivity (Wildman–Crippen MR) is 110 cm³/mol. The zero-order chi connectivity index (χ0) is 22.6. The van der Waals surface area contributed by atoms with Crippen LogP contribution in [0.1, 0.15) is 20.7 Å². The van der Waals surface area contributed by atoms with Crippen LogP contribution in [0.2, 0.25) is 5.02 Å². The lowest BCUT2D eigenvalue weighted by Crippen LogP contribution is -2.19. The van der Waals surface area contributed by atoms with Crippen molar-refractivity contribution in [2.45, 2.75) is 4.90 Å². The SMILES string of the molecule is O=C(COC(=O)c1ccccc1NS(=O)(=O)c1ccc(Cl)cc1)c1cc(F)ccc1F. The highest BCUT2D eigenvalue weighted by molar-refractivity contribution is 7.92. The lowest BCUT2D eigenvalue weighted by molar-refractivity contribution is 0.0474. The van der Waals surface area contributed by atoms with Crippen LogP contribution in [0.3, 0.4) is 0 Å². The Kier molecular flexibility index (Phi) is 6.67. The monoisotopic (exact) mass is 465 g/mol. The average Bonchev–Trinajstić information content (AvgIpc) is 2.74. The lowest BCUT2D eigenvalue weighted by atomic mass is 10.1. The van der Waals surface area contributed by atoms with Gasteiger partial charge in [0.15, 0.2) is 6.61 Å². The Labute approximate surface area is 181 Å². The number of benzene rings is 3. The topological polar surface area (TPSA) is 89.5 Å². The molecule has 0 aliphatic heterocycles. The van der Waals surface area contributed by atoms with Gasteiger partial charge in [0.05, 0.1) is 21.7 Å². The van der Waals surface area contributed by atoms with Crippen molar-refractivity contribution in [3.05, 3.63) is 94.5 Å². The van der Waals surface area contributed by atoms with Gasteiger partial charge in [0.25, 0.3) is 10.0 Å². The number of hydrogen-bond donors (Lipinski definition) is 1. The second-order valence-corrected chi connectivity index (χ2v) is 8.35. The van der Waals surface area contributed by atoms with E-state index in [2.05, 4.69) is 4.72 Å². The molecule has 0 aromatic heterocycles. The number of ketones is 1. The van der Waals surface area contributed by atoms with Crippen LogP contribution >= 0.6 is 11.6 Å². The molecule has 3 rings (SSSR count). The average molecular weight is 466 g/mol. The zero-order valence-corrected chi connectivity index (χ0v) is 17.2. The van der Waals surface area contributed by atoms with Gasteiger partial charge in [-0.3, -0.25) is 9.52 Å². The number of halogens is 3. The van der Waals surface area contributed by atoms with Gasteiger partial charge in [-0.2, -0.15) is 0 Å². The number of carbonyl (C=O) groups is 2. The van der Waals surface area contributed by atoms with E-state index in [-0.39, 0.29) is 16.1 Å². The normalized spacial score (nSPS) is 11.1. The van der Waals surface area contributed by atoms with E-state index in [0.29, 0.717) is 11.1 Å². The van der Waals surface area contributed by atoms with Gasteiger partial charge >= 0.3 is 5.97 Å². The number of nitrogens with one attached hydrogen (secondary N) is 1. The maximum absolute atomic E-state index is 13.7. The van der Waals surface area contributed by atoms with Crippen molar-refractivity contribution in [3.63, 3.8) is 0 Å². The molecule has 0 aliphatic carbocycles. The van der Waals surface area contributed by atoms with E-state index in [4.69, 9.17) is 16.3 Å². The number of carbonyl (C=O) groups excluding carboxylic acids is 2. The number of rotatable bonds is 7. The summed E-state index contributed by atoms with van der Waals surface area (Å²) in [5, 5.41) is 0.349. The van der Waals surface area contributed by atoms with Crippen LogP contribution in [-0.2, 0) is 14.8 Å². The van der Waals surface area contributed by atoms with E-state index in [0.717, 1.165) is 12.1 Å². The van der Waals surface area contributed by atoms with E-state index >= 15 is 0 Å². The summed E-state index contributed by atoms with van der Waals surface area (Å²) in [6.45, 7) is -0.864. The Morgan fingerprint density at radius 2 is 1.61 bits per heavy atom. The number of Topliss-reactive ketones (excluding diaryl/α,β-unsaturated/α-hetero) is 1. The molecule has 3 aromatic carbocycles. The summed E-state index contributed by atoms with van der Waals surface area (Å²) < 4.78 is 59.2. The van der Waals surface area contributed by atoms with E-state index in [1.807, 2.05) is 0 Å². The first-order chi connectivity index (χ1) is 14.7. The minimum Gasteiger partial charge on any atom is -0.454 e. The zero-order valence-electron chi connectivity index (χ0n) is 15.6. The summed E-state index contributed by atoms with van der Waals surface area (Å²) in [7, 11) is -4.05. The first-order valence-corrected chi connectivity index (χ1v) is 10.6. The number of para-hydroxylation sites is 1. The largest absolute Gasteiger partial charge is 0.454 e. The molecule has 31 heavy (non-hydrogen) atoms. The van der Waals surface area contributed by atoms with Crippen molar-refractivity contribution in [2.75, 3.05) is 11.3 Å². The molecule has 0 heterocycles. The van der Waals surface area contributed by atoms with Crippen molar-refractivity contribution in [3.8, 4) is 0 Å².